The minimum absolute atomic E-state index is 0.145. The van der Waals surface area contributed by atoms with Gasteiger partial charge in [-0.2, -0.15) is 0 Å². The Kier molecular flexibility index (Phi) is 16.2. The van der Waals surface area contributed by atoms with E-state index in [-0.39, 0.29) is 6.10 Å². The molecule has 0 N–H and O–H groups in total. The van der Waals surface area contributed by atoms with Crippen molar-refractivity contribution in [3.8, 4) is 0 Å². The van der Waals surface area contributed by atoms with Gasteiger partial charge in [-0.3, -0.25) is 0 Å². The van der Waals surface area contributed by atoms with Gasteiger partial charge in [0.15, 0.2) is 0 Å². The minimum atomic E-state index is 0.145. The summed E-state index contributed by atoms with van der Waals surface area (Å²) >= 11 is 0. The fraction of sp³-hybridized carbons (Fsp3) is 0.944. The molecule has 0 amide bonds. The van der Waals surface area contributed by atoms with Crippen LogP contribution in [0.25, 0.3) is 0 Å². The van der Waals surface area contributed by atoms with Crippen LogP contribution in [0.4, 0.5) is 0 Å². The van der Waals surface area contributed by atoms with Gasteiger partial charge in [0.25, 0.3) is 0 Å². The summed E-state index contributed by atoms with van der Waals surface area (Å²) in [5.74, 6) is 0. The molecule has 0 saturated heterocycles. The molecule has 0 aromatic heterocycles. The molecular formula is C18H37O3. The van der Waals surface area contributed by atoms with Gasteiger partial charge in [-0.25, -0.2) is 0 Å². The summed E-state index contributed by atoms with van der Waals surface area (Å²) in [6.45, 7) is 11.1. The van der Waals surface area contributed by atoms with E-state index in [4.69, 9.17) is 14.2 Å². The largest absolute Gasteiger partial charge is 0.379 e. The molecule has 0 spiro atoms. The number of rotatable bonds is 16. The van der Waals surface area contributed by atoms with Crippen molar-refractivity contribution in [3.63, 3.8) is 0 Å². The van der Waals surface area contributed by atoms with Gasteiger partial charge < -0.3 is 14.2 Å². The van der Waals surface area contributed by atoms with Crippen LogP contribution in [-0.2, 0) is 14.2 Å². The summed E-state index contributed by atoms with van der Waals surface area (Å²) in [6, 6.07) is 0. The lowest BCUT2D eigenvalue weighted by Gasteiger charge is -2.17. The normalized spacial score (nSPS) is 14.3. The van der Waals surface area contributed by atoms with Crippen molar-refractivity contribution in [2.45, 2.75) is 84.8 Å². The van der Waals surface area contributed by atoms with Crippen molar-refractivity contribution in [1.82, 2.24) is 0 Å². The van der Waals surface area contributed by atoms with Crippen molar-refractivity contribution in [2.75, 3.05) is 26.4 Å². The Labute approximate surface area is 132 Å². The third-order valence-corrected chi connectivity index (χ3v) is 3.49. The molecule has 0 bridgehead atoms. The Morgan fingerprint density at radius 3 is 2.29 bits per heavy atom. The van der Waals surface area contributed by atoms with Crippen LogP contribution in [0.2, 0.25) is 0 Å². The molecule has 0 aliphatic rings. The van der Waals surface area contributed by atoms with Crippen LogP contribution in [0.3, 0.4) is 0 Å². The van der Waals surface area contributed by atoms with Gasteiger partial charge in [-0.05, 0) is 26.7 Å². The van der Waals surface area contributed by atoms with Crippen LogP contribution >= 0.6 is 0 Å². The quantitative estimate of drug-likeness (QED) is 0.384. The van der Waals surface area contributed by atoms with Crippen LogP contribution in [-0.4, -0.2) is 38.6 Å². The highest BCUT2D eigenvalue weighted by molar-refractivity contribution is 4.55. The first-order valence-corrected chi connectivity index (χ1v) is 8.79. The standard InChI is InChI=1S/C18H37O3/c1-5-7-8-9-10-11-12-17(3)21-16-18(4)20-15-14-19-13-6-2/h6,17-18H,5,7-16H2,1-4H3. The molecule has 0 aliphatic heterocycles. The van der Waals surface area contributed by atoms with E-state index >= 15 is 0 Å². The second-order valence-corrected chi connectivity index (χ2v) is 5.86. The molecule has 0 rings (SSSR count). The first-order chi connectivity index (χ1) is 10.2. The van der Waals surface area contributed by atoms with Gasteiger partial charge in [0, 0.05) is 6.61 Å². The molecule has 0 saturated carbocycles. The van der Waals surface area contributed by atoms with E-state index in [9.17, 15) is 0 Å². The fourth-order valence-electron chi connectivity index (χ4n) is 2.15. The Morgan fingerprint density at radius 1 is 0.857 bits per heavy atom. The molecule has 1 radical (unpaired) electrons. The average Bonchev–Trinajstić information content (AvgIpc) is 2.48. The molecule has 0 aliphatic carbocycles. The Balaban J connectivity index is 3.32. The maximum atomic E-state index is 5.84. The molecule has 0 fully saturated rings. The lowest BCUT2D eigenvalue weighted by Crippen LogP contribution is -2.22. The number of hydrogen-bond acceptors (Lipinski definition) is 3. The second kappa shape index (κ2) is 16.3. The molecule has 3 heteroatoms. The fourth-order valence-corrected chi connectivity index (χ4v) is 2.15. The van der Waals surface area contributed by atoms with Crippen LogP contribution in [0.1, 0.15) is 72.6 Å². The van der Waals surface area contributed by atoms with Crippen molar-refractivity contribution in [2.24, 2.45) is 0 Å². The summed E-state index contributed by atoms with van der Waals surface area (Å²) in [6.07, 6.45) is 11.7. The molecule has 0 heterocycles. The molecule has 0 aromatic carbocycles. The van der Waals surface area contributed by atoms with Crippen molar-refractivity contribution in [1.29, 1.82) is 0 Å². The SMILES string of the molecule is C[CH]COCCOC(C)COC(C)CCCCCCCC. The van der Waals surface area contributed by atoms with Gasteiger partial charge in [-0.1, -0.05) is 52.4 Å². The van der Waals surface area contributed by atoms with E-state index < -0.39 is 0 Å². The molecule has 3 nitrogen and oxygen atoms in total. The summed E-state index contributed by atoms with van der Waals surface area (Å²) < 4.78 is 16.8. The first kappa shape index (κ1) is 20.9. The zero-order chi connectivity index (χ0) is 15.8. The van der Waals surface area contributed by atoms with Crippen molar-refractivity contribution < 1.29 is 14.2 Å². The zero-order valence-corrected chi connectivity index (χ0v) is 14.7. The van der Waals surface area contributed by atoms with Crippen molar-refractivity contribution in [3.05, 3.63) is 6.42 Å². The molecule has 2 atom stereocenters. The maximum absolute atomic E-state index is 5.84. The number of ether oxygens (including phenoxy) is 3. The summed E-state index contributed by atoms with van der Waals surface area (Å²) in [5.41, 5.74) is 0. The highest BCUT2D eigenvalue weighted by atomic mass is 16.6. The summed E-state index contributed by atoms with van der Waals surface area (Å²) in [4.78, 5) is 0. The van der Waals surface area contributed by atoms with Gasteiger partial charge >= 0.3 is 0 Å². The Hall–Kier alpha value is -0.120. The van der Waals surface area contributed by atoms with E-state index in [1.165, 1.54) is 38.5 Å². The Bertz CT molecular complexity index is 197. The van der Waals surface area contributed by atoms with E-state index in [2.05, 4.69) is 20.8 Å². The molecule has 2 unspecified atom stereocenters. The predicted molar refractivity (Wildman–Crippen MR) is 89.6 cm³/mol. The Morgan fingerprint density at radius 2 is 1.57 bits per heavy atom. The maximum Gasteiger partial charge on any atom is 0.0781 e. The first-order valence-electron chi connectivity index (χ1n) is 8.79. The number of unbranched alkanes of at least 4 members (excludes halogenated alkanes) is 5. The van der Waals surface area contributed by atoms with E-state index in [0.29, 0.717) is 32.5 Å². The van der Waals surface area contributed by atoms with Gasteiger partial charge in [0.2, 0.25) is 0 Å². The van der Waals surface area contributed by atoms with E-state index in [0.717, 1.165) is 6.42 Å². The van der Waals surface area contributed by atoms with Crippen molar-refractivity contribution >= 4 is 0 Å². The third-order valence-electron chi connectivity index (χ3n) is 3.49. The topological polar surface area (TPSA) is 27.7 Å². The number of hydrogen-bond donors (Lipinski definition) is 0. The summed E-state index contributed by atoms with van der Waals surface area (Å²) in [5, 5.41) is 0. The van der Waals surface area contributed by atoms with Crippen LogP contribution < -0.4 is 0 Å². The monoisotopic (exact) mass is 301 g/mol. The van der Waals surface area contributed by atoms with E-state index in [1.54, 1.807) is 0 Å². The zero-order valence-electron chi connectivity index (χ0n) is 14.7. The summed E-state index contributed by atoms with van der Waals surface area (Å²) in [7, 11) is 0. The van der Waals surface area contributed by atoms with Gasteiger partial charge in [-0.15, -0.1) is 0 Å². The van der Waals surface area contributed by atoms with Crippen LogP contribution in [0.15, 0.2) is 0 Å². The smallest absolute Gasteiger partial charge is 0.0781 e. The molecule has 127 valence electrons. The highest BCUT2D eigenvalue weighted by Gasteiger charge is 2.07. The van der Waals surface area contributed by atoms with Gasteiger partial charge in [0.05, 0.1) is 32.0 Å². The lowest BCUT2D eigenvalue weighted by atomic mass is 10.1. The highest BCUT2D eigenvalue weighted by Crippen LogP contribution is 2.10. The van der Waals surface area contributed by atoms with E-state index in [1.807, 2.05) is 13.3 Å². The van der Waals surface area contributed by atoms with Gasteiger partial charge in [0.1, 0.15) is 0 Å². The third kappa shape index (κ3) is 16.1. The molecular weight excluding hydrogens is 264 g/mol. The molecule has 0 aromatic rings. The molecule has 21 heavy (non-hydrogen) atoms. The minimum Gasteiger partial charge on any atom is -0.379 e. The van der Waals surface area contributed by atoms with Crippen LogP contribution in [0, 0.1) is 6.42 Å². The second-order valence-electron chi connectivity index (χ2n) is 5.86. The lowest BCUT2D eigenvalue weighted by molar-refractivity contribution is -0.0474. The van der Waals surface area contributed by atoms with Crippen LogP contribution in [0.5, 0.6) is 0 Å². The average molecular weight is 301 g/mol. The predicted octanol–water partition coefficient (Wildman–Crippen LogP) is 4.79.